The van der Waals surface area contributed by atoms with E-state index in [1.54, 1.807) is 11.0 Å². The number of nitrogens with zero attached hydrogens (tertiary/aromatic N) is 2. The highest BCUT2D eigenvalue weighted by atomic mass is 35.5. The maximum Gasteiger partial charge on any atom is 0.251 e. The van der Waals surface area contributed by atoms with Crippen molar-refractivity contribution < 1.29 is 9.59 Å². The molecule has 104 valence electrons. The molecule has 0 aliphatic carbocycles. The van der Waals surface area contributed by atoms with Crippen LogP contribution >= 0.6 is 11.6 Å². The summed E-state index contributed by atoms with van der Waals surface area (Å²) < 4.78 is 0. The van der Waals surface area contributed by atoms with Gasteiger partial charge >= 0.3 is 0 Å². The number of nitrogens with one attached hydrogen (secondary N) is 2. The van der Waals surface area contributed by atoms with Gasteiger partial charge in [0.2, 0.25) is 5.91 Å². The third-order valence-corrected chi connectivity index (χ3v) is 2.48. The average Bonchev–Trinajstić information content (AvgIpc) is 2.33. The molecule has 7 heteroatoms. The smallest absolute Gasteiger partial charge is 0.251 e. The molecule has 19 heavy (non-hydrogen) atoms. The number of rotatable bonds is 5. The van der Waals surface area contributed by atoms with Crippen molar-refractivity contribution in [3.05, 3.63) is 22.8 Å². The lowest BCUT2D eigenvalue weighted by Crippen LogP contribution is -2.33. The summed E-state index contributed by atoms with van der Waals surface area (Å²) in [5.74, 6) is 0.230. The Labute approximate surface area is 117 Å². The van der Waals surface area contributed by atoms with Crippen LogP contribution in [0.1, 0.15) is 17.3 Å². The maximum absolute atomic E-state index is 11.9. The molecule has 0 saturated carbocycles. The predicted molar refractivity (Wildman–Crippen MR) is 74.6 cm³/mol. The van der Waals surface area contributed by atoms with Gasteiger partial charge in [-0.3, -0.25) is 9.59 Å². The molecule has 0 radical (unpaired) electrons. The van der Waals surface area contributed by atoms with Crippen LogP contribution in [0.15, 0.2) is 12.1 Å². The predicted octanol–water partition coefficient (Wildman–Crippen LogP) is 0.667. The Hall–Kier alpha value is -1.82. The number of halogens is 1. The van der Waals surface area contributed by atoms with Gasteiger partial charge in [0.25, 0.3) is 5.91 Å². The van der Waals surface area contributed by atoms with Gasteiger partial charge in [-0.15, -0.1) is 0 Å². The Balaban J connectivity index is 2.64. The number of aromatic nitrogens is 1. The monoisotopic (exact) mass is 284 g/mol. The van der Waals surface area contributed by atoms with E-state index in [1.807, 2.05) is 14.1 Å². The number of carbonyl (C=O) groups excluding carboxylic acids is 2. The van der Waals surface area contributed by atoms with Gasteiger partial charge < -0.3 is 15.5 Å². The van der Waals surface area contributed by atoms with Crippen molar-refractivity contribution in [3.8, 4) is 0 Å². The van der Waals surface area contributed by atoms with Crippen LogP contribution in [-0.4, -0.2) is 44.0 Å². The Kier molecular flexibility index (Phi) is 5.57. The van der Waals surface area contributed by atoms with Crippen molar-refractivity contribution in [2.24, 2.45) is 0 Å². The van der Waals surface area contributed by atoms with E-state index >= 15 is 0 Å². The van der Waals surface area contributed by atoms with E-state index in [0.717, 1.165) is 0 Å². The summed E-state index contributed by atoms with van der Waals surface area (Å²) in [6.45, 7) is 2.17. The summed E-state index contributed by atoms with van der Waals surface area (Å²) in [6, 6.07) is 3.15. The summed E-state index contributed by atoms with van der Waals surface area (Å²) >= 11 is 5.87. The van der Waals surface area contributed by atoms with Gasteiger partial charge in [0.05, 0.1) is 0 Å². The minimum absolute atomic E-state index is 0.129. The summed E-state index contributed by atoms with van der Waals surface area (Å²) in [5, 5.41) is 5.54. The van der Waals surface area contributed by atoms with Gasteiger partial charge in [-0.2, -0.15) is 0 Å². The lowest BCUT2D eigenvalue weighted by Gasteiger charge is -2.13. The van der Waals surface area contributed by atoms with Crippen LogP contribution in [0.4, 0.5) is 5.82 Å². The Bertz CT molecular complexity index is 477. The summed E-state index contributed by atoms with van der Waals surface area (Å²) in [6.07, 6.45) is 0. The Morgan fingerprint density at radius 1 is 1.26 bits per heavy atom. The van der Waals surface area contributed by atoms with Crippen LogP contribution in [0.2, 0.25) is 5.15 Å². The highest BCUT2D eigenvalue weighted by Gasteiger charge is 2.09. The highest BCUT2D eigenvalue weighted by molar-refractivity contribution is 6.29. The molecule has 2 N–H and O–H groups in total. The minimum Gasteiger partial charge on any atom is -0.363 e. The molecule has 0 fully saturated rings. The van der Waals surface area contributed by atoms with Crippen LogP contribution in [0.3, 0.4) is 0 Å². The normalized spacial score (nSPS) is 9.89. The lowest BCUT2D eigenvalue weighted by atomic mass is 10.2. The van der Waals surface area contributed by atoms with E-state index in [2.05, 4.69) is 15.6 Å². The second-order valence-corrected chi connectivity index (χ2v) is 4.56. The second kappa shape index (κ2) is 6.94. The van der Waals surface area contributed by atoms with Crippen LogP contribution < -0.4 is 15.5 Å². The molecule has 0 aliphatic rings. The zero-order valence-electron chi connectivity index (χ0n) is 11.2. The molecule has 0 atom stereocenters. The van der Waals surface area contributed by atoms with Gasteiger partial charge in [0, 0.05) is 39.7 Å². The molecule has 1 heterocycles. The average molecular weight is 285 g/mol. The van der Waals surface area contributed by atoms with Crippen molar-refractivity contribution in [2.45, 2.75) is 6.92 Å². The molecule has 0 spiro atoms. The number of hydrogen-bond donors (Lipinski definition) is 2. The topological polar surface area (TPSA) is 74.3 Å². The van der Waals surface area contributed by atoms with Crippen molar-refractivity contribution in [2.75, 3.05) is 32.1 Å². The first-order valence-corrected chi connectivity index (χ1v) is 6.15. The van der Waals surface area contributed by atoms with Gasteiger partial charge in [-0.05, 0) is 12.1 Å². The molecule has 0 aliphatic heterocycles. The van der Waals surface area contributed by atoms with Crippen LogP contribution in [0.25, 0.3) is 0 Å². The summed E-state index contributed by atoms with van der Waals surface area (Å²) in [7, 11) is 3.63. The quantitative estimate of drug-likeness (QED) is 0.615. The molecular formula is C12H17ClN4O2. The molecule has 0 aromatic carbocycles. The molecule has 0 saturated heterocycles. The SMILES string of the molecule is CC(=O)NCCNC(=O)c1cc(Cl)nc(N(C)C)c1. The van der Waals surface area contributed by atoms with E-state index in [1.165, 1.54) is 13.0 Å². The largest absolute Gasteiger partial charge is 0.363 e. The molecular weight excluding hydrogens is 268 g/mol. The molecule has 1 aromatic heterocycles. The fourth-order valence-electron chi connectivity index (χ4n) is 1.36. The number of anilines is 1. The Morgan fingerprint density at radius 3 is 2.47 bits per heavy atom. The first-order valence-electron chi connectivity index (χ1n) is 5.77. The molecule has 1 rings (SSSR count). The van der Waals surface area contributed by atoms with E-state index in [9.17, 15) is 9.59 Å². The summed E-state index contributed by atoms with van der Waals surface area (Å²) in [5.41, 5.74) is 0.437. The van der Waals surface area contributed by atoms with Gasteiger partial charge in [-0.1, -0.05) is 11.6 Å². The van der Waals surface area contributed by atoms with Gasteiger partial charge in [0.1, 0.15) is 11.0 Å². The fraction of sp³-hybridized carbons (Fsp3) is 0.417. The number of hydrogen-bond acceptors (Lipinski definition) is 4. The first kappa shape index (κ1) is 15.2. The zero-order chi connectivity index (χ0) is 14.4. The molecule has 2 amide bonds. The highest BCUT2D eigenvalue weighted by Crippen LogP contribution is 2.16. The molecule has 6 nitrogen and oxygen atoms in total. The van der Waals surface area contributed by atoms with E-state index in [-0.39, 0.29) is 17.0 Å². The van der Waals surface area contributed by atoms with Crippen molar-refractivity contribution in [1.29, 1.82) is 0 Å². The molecule has 0 bridgehead atoms. The number of pyridine rings is 1. The summed E-state index contributed by atoms with van der Waals surface area (Å²) in [4.78, 5) is 28.4. The van der Waals surface area contributed by atoms with E-state index in [0.29, 0.717) is 24.5 Å². The van der Waals surface area contributed by atoms with Crippen LogP contribution in [0.5, 0.6) is 0 Å². The fourth-order valence-corrected chi connectivity index (χ4v) is 1.56. The zero-order valence-corrected chi connectivity index (χ0v) is 11.9. The van der Waals surface area contributed by atoms with Gasteiger partial charge in [0.15, 0.2) is 0 Å². The minimum atomic E-state index is -0.252. The van der Waals surface area contributed by atoms with Crippen molar-refractivity contribution in [3.63, 3.8) is 0 Å². The van der Waals surface area contributed by atoms with Crippen molar-refractivity contribution in [1.82, 2.24) is 15.6 Å². The third-order valence-electron chi connectivity index (χ3n) is 2.29. The maximum atomic E-state index is 11.9. The molecule has 1 aromatic rings. The van der Waals surface area contributed by atoms with Crippen LogP contribution in [0, 0.1) is 0 Å². The van der Waals surface area contributed by atoms with Crippen molar-refractivity contribution >= 4 is 29.2 Å². The van der Waals surface area contributed by atoms with Crippen LogP contribution in [-0.2, 0) is 4.79 Å². The van der Waals surface area contributed by atoms with Gasteiger partial charge in [-0.25, -0.2) is 4.98 Å². The second-order valence-electron chi connectivity index (χ2n) is 4.17. The molecule has 0 unspecified atom stereocenters. The van der Waals surface area contributed by atoms with E-state index in [4.69, 9.17) is 11.6 Å². The lowest BCUT2D eigenvalue weighted by molar-refractivity contribution is -0.118. The number of carbonyl (C=O) groups is 2. The standard InChI is InChI=1S/C12H17ClN4O2/c1-8(18)14-4-5-15-12(19)9-6-10(13)16-11(7-9)17(2)3/h6-7H,4-5H2,1-3H3,(H,14,18)(H,15,19). The Morgan fingerprint density at radius 2 is 1.89 bits per heavy atom. The van der Waals surface area contributed by atoms with E-state index < -0.39 is 0 Å². The third kappa shape index (κ3) is 5.13. The number of amides is 2. The first-order chi connectivity index (χ1) is 8.90.